The molecule has 2 unspecified atom stereocenters. The smallest absolute Gasteiger partial charge is 0.410 e. The van der Waals surface area contributed by atoms with Gasteiger partial charge < -0.3 is 14.8 Å². The van der Waals surface area contributed by atoms with Crippen molar-refractivity contribution in [3.8, 4) is 0 Å². The van der Waals surface area contributed by atoms with E-state index in [1.54, 1.807) is 32.9 Å². The number of esters is 1. The minimum atomic E-state index is -0.975. The highest BCUT2D eigenvalue weighted by atomic mass is 35.5. The minimum Gasteiger partial charge on any atom is -0.425 e. The highest BCUT2D eigenvalue weighted by Gasteiger charge is 2.26. The summed E-state index contributed by atoms with van der Waals surface area (Å²) in [5, 5.41) is 3.30. The molecule has 127 valence electrons. The lowest BCUT2D eigenvalue weighted by atomic mass is 9.97. The second-order valence-electron chi connectivity index (χ2n) is 6.17. The maximum Gasteiger partial charge on any atom is 0.410 e. The Balaban J connectivity index is 2.57. The molecule has 0 fully saturated rings. The largest absolute Gasteiger partial charge is 0.425 e. The molecule has 0 spiro atoms. The Morgan fingerprint density at radius 1 is 1.22 bits per heavy atom. The lowest BCUT2D eigenvalue weighted by Crippen LogP contribution is -2.34. The summed E-state index contributed by atoms with van der Waals surface area (Å²) < 4.78 is 10.1. The van der Waals surface area contributed by atoms with Crippen molar-refractivity contribution in [3.05, 3.63) is 41.8 Å². The van der Waals surface area contributed by atoms with Crippen molar-refractivity contribution >= 4 is 23.7 Å². The molecule has 1 aromatic rings. The normalized spacial score (nSPS) is 13.8. The van der Waals surface area contributed by atoms with E-state index in [-0.39, 0.29) is 6.04 Å². The number of hydrogen-bond donors (Lipinski definition) is 1. The van der Waals surface area contributed by atoms with Crippen LogP contribution in [-0.4, -0.2) is 18.4 Å². The number of amides is 1. The van der Waals surface area contributed by atoms with Gasteiger partial charge >= 0.3 is 12.1 Å². The topological polar surface area (TPSA) is 64.6 Å². The van der Waals surface area contributed by atoms with Gasteiger partial charge in [-0.2, -0.15) is 0 Å². The Bertz CT molecular complexity index is 537. The predicted octanol–water partition coefficient (Wildman–Crippen LogP) is 4.27. The Hall–Kier alpha value is -1.75. The molecular formula is C17H23ClNO4. The van der Waals surface area contributed by atoms with E-state index in [1.165, 1.54) is 6.92 Å². The highest BCUT2D eigenvalue weighted by molar-refractivity contribution is 6.30. The van der Waals surface area contributed by atoms with Gasteiger partial charge in [0.2, 0.25) is 6.29 Å². The van der Waals surface area contributed by atoms with Crippen molar-refractivity contribution in [2.75, 3.05) is 0 Å². The van der Waals surface area contributed by atoms with Crippen molar-refractivity contribution < 1.29 is 19.1 Å². The van der Waals surface area contributed by atoms with E-state index in [0.717, 1.165) is 5.56 Å². The molecule has 1 N–H and O–H groups in total. The molecule has 0 saturated heterocycles. The lowest BCUT2D eigenvalue weighted by Gasteiger charge is -2.22. The van der Waals surface area contributed by atoms with E-state index in [2.05, 4.69) is 12.2 Å². The van der Waals surface area contributed by atoms with E-state index < -0.39 is 23.8 Å². The molecule has 0 aliphatic heterocycles. The second-order valence-corrected chi connectivity index (χ2v) is 6.60. The molecule has 1 rings (SSSR count). The average Bonchev–Trinajstić information content (AvgIpc) is 2.44. The summed E-state index contributed by atoms with van der Waals surface area (Å²) in [4.78, 5) is 23.6. The standard InChI is InChI=1S/C17H23ClNO4/c1-6-14(12-7-9-13(18)10-8-12)19-16(21)23-11(2)22-15(20)17(3,4)5/h7-11,14H,1,6H2,2-5H3,(H,19,21). The summed E-state index contributed by atoms with van der Waals surface area (Å²) in [6.45, 7) is 10.5. The molecule has 0 bridgehead atoms. The van der Waals surface area contributed by atoms with Gasteiger partial charge in [-0.1, -0.05) is 30.7 Å². The second kappa shape index (κ2) is 8.20. The average molecular weight is 341 g/mol. The maximum absolute atomic E-state index is 11.9. The zero-order valence-electron chi connectivity index (χ0n) is 13.9. The minimum absolute atomic E-state index is 0.315. The molecule has 0 heterocycles. The molecule has 6 heteroatoms. The van der Waals surface area contributed by atoms with Crippen LogP contribution >= 0.6 is 11.6 Å². The van der Waals surface area contributed by atoms with Gasteiger partial charge in [-0.3, -0.25) is 4.79 Å². The summed E-state index contributed by atoms with van der Waals surface area (Å²) >= 11 is 5.84. The van der Waals surface area contributed by atoms with Crippen molar-refractivity contribution in [1.29, 1.82) is 0 Å². The first-order valence-electron chi connectivity index (χ1n) is 7.36. The Labute approximate surface area is 142 Å². The van der Waals surface area contributed by atoms with Crippen LogP contribution in [0.15, 0.2) is 24.3 Å². The van der Waals surface area contributed by atoms with Gasteiger partial charge in [0.25, 0.3) is 0 Å². The van der Waals surface area contributed by atoms with Gasteiger partial charge in [0.05, 0.1) is 11.5 Å². The van der Waals surface area contributed by atoms with Crippen molar-refractivity contribution in [2.24, 2.45) is 5.41 Å². The first-order valence-corrected chi connectivity index (χ1v) is 7.74. The van der Waals surface area contributed by atoms with Crippen LogP contribution in [0.5, 0.6) is 0 Å². The number of alkyl carbamates (subject to hydrolysis) is 1. The number of carbonyl (C=O) groups is 2. The SMILES string of the molecule is [CH2]CC(NC(=O)OC(C)OC(=O)C(C)(C)C)c1ccc(Cl)cc1. The maximum atomic E-state index is 11.9. The number of rotatable bonds is 5. The van der Waals surface area contributed by atoms with Crippen LogP contribution < -0.4 is 5.32 Å². The number of halogens is 1. The van der Waals surface area contributed by atoms with Gasteiger partial charge in [-0.05, 0) is 44.9 Å². The summed E-state index contributed by atoms with van der Waals surface area (Å²) in [5.74, 6) is -0.441. The molecule has 23 heavy (non-hydrogen) atoms. The van der Waals surface area contributed by atoms with Gasteiger partial charge in [-0.25, -0.2) is 4.79 Å². The quantitative estimate of drug-likeness (QED) is 0.642. The van der Waals surface area contributed by atoms with Crippen LogP contribution in [0.1, 0.15) is 45.7 Å². The predicted molar refractivity (Wildman–Crippen MR) is 88.8 cm³/mol. The van der Waals surface area contributed by atoms with Crippen LogP contribution in [0.3, 0.4) is 0 Å². The van der Waals surface area contributed by atoms with E-state index in [1.807, 2.05) is 12.1 Å². The summed E-state index contributed by atoms with van der Waals surface area (Å²) in [6, 6.07) is 6.77. The molecule has 1 aromatic carbocycles. The van der Waals surface area contributed by atoms with Crippen LogP contribution in [0, 0.1) is 12.3 Å². The summed E-state index contributed by atoms with van der Waals surface area (Å²) in [7, 11) is 0. The fourth-order valence-electron chi connectivity index (χ4n) is 1.70. The third-order valence-corrected chi connectivity index (χ3v) is 3.26. The van der Waals surface area contributed by atoms with E-state index >= 15 is 0 Å². The van der Waals surface area contributed by atoms with Crippen molar-refractivity contribution in [3.63, 3.8) is 0 Å². The Morgan fingerprint density at radius 3 is 2.26 bits per heavy atom. The van der Waals surface area contributed by atoms with Gasteiger partial charge in [0.15, 0.2) is 0 Å². The third kappa shape index (κ3) is 6.48. The van der Waals surface area contributed by atoms with Gasteiger partial charge in [0, 0.05) is 11.9 Å². The molecule has 2 atom stereocenters. The number of ether oxygens (including phenoxy) is 2. The van der Waals surface area contributed by atoms with Crippen LogP contribution in [0.25, 0.3) is 0 Å². The first kappa shape index (κ1) is 19.3. The zero-order valence-corrected chi connectivity index (χ0v) is 14.6. The monoisotopic (exact) mass is 340 g/mol. The fourth-order valence-corrected chi connectivity index (χ4v) is 1.82. The Kier molecular flexibility index (Phi) is 6.88. The summed E-state index contributed by atoms with van der Waals surface area (Å²) in [6.07, 6.45) is -1.22. The van der Waals surface area contributed by atoms with E-state index in [0.29, 0.717) is 11.4 Å². The van der Waals surface area contributed by atoms with Crippen LogP contribution in [-0.2, 0) is 14.3 Å². The van der Waals surface area contributed by atoms with Gasteiger partial charge in [-0.15, -0.1) is 0 Å². The van der Waals surface area contributed by atoms with Crippen LogP contribution in [0.4, 0.5) is 4.79 Å². The van der Waals surface area contributed by atoms with E-state index in [9.17, 15) is 9.59 Å². The lowest BCUT2D eigenvalue weighted by molar-refractivity contribution is -0.174. The number of nitrogens with one attached hydrogen (secondary N) is 1. The third-order valence-electron chi connectivity index (χ3n) is 3.01. The molecule has 0 aliphatic carbocycles. The number of carbonyl (C=O) groups excluding carboxylic acids is 2. The molecule has 5 nitrogen and oxygen atoms in total. The van der Waals surface area contributed by atoms with E-state index in [4.69, 9.17) is 21.1 Å². The van der Waals surface area contributed by atoms with Crippen LogP contribution in [0.2, 0.25) is 5.02 Å². The molecule has 0 saturated carbocycles. The van der Waals surface area contributed by atoms with Gasteiger partial charge in [0.1, 0.15) is 0 Å². The Morgan fingerprint density at radius 2 is 1.78 bits per heavy atom. The van der Waals surface area contributed by atoms with Crippen molar-refractivity contribution in [1.82, 2.24) is 5.32 Å². The molecule has 0 aliphatic rings. The number of hydrogen-bond acceptors (Lipinski definition) is 4. The van der Waals surface area contributed by atoms with Crippen molar-refractivity contribution in [2.45, 2.75) is 46.4 Å². The first-order chi connectivity index (χ1) is 10.6. The summed E-state index contributed by atoms with van der Waals surface area (Å²) in [5.41, 5.74) is 0.202. The highest BCUT2D eigenvalue weighted by Crippen LogP contribution is 2.20. The fraction of sp³-hybridized carbons (Fsp3) is 0.471. The molecule has 0 aromatic heterocycles. The molecule has 1 radical (unpaired) electrons. The molecule has 1 amide bonds. The number of benzene rings is 1. The molecular weight excluding hydrogens is 318 g/mol. The zero-order chi connectivity index (χ0) is 17.6.